The first-order valence-electron chi connectivity index (χ1n) is 3.55. The maximum Gasteiger partial charge on any atom is 0.361 e. The zero-order chi connectivity index (χ0) is 9.68. The Morgan fingerprint density at radius 1 is 1.85 bits per heavy atom. The highest BCUT2D eigenvalue weighted by atomic mass is 32.2. The average Bonchev–Trinajstić information content (AvgIpc) is 2.15. The molecule has 72 valence electrons. The van der Waals surface area contributed by atoms with Crippen LogP contribution in [0.1, 0.15) is 0 Å². The van der Waals surface area contributed by atoms with Crippen LogP contribution < -0.4 is 0 Å². The molecule has 1 N–H and O–H groups in total. The highest BCUT2D eigenvalue weighted by Crippen LogP contribution is 2.16. The topological polar surface area (TPSA) is 68.1 Å². The molecular formula is C7H9NO4S. The fourth-order valence-electron chi connectivity index (χ4n) is 0.773. The van der Waals surface area contributed by atoms with Crippen molar-refractivity contribution < 1.29 is 19.5 Å². The second kappa shape index (κ2) is 4.76. The van der Waals surface area contributed by atoms with Crippen LogP contribution in [0.5, 0.6) is 0 Å². The van der Waals surface area contributed by atoms with E-state index in [-0.39, 0.29) is 11.5 Å². The molecule has 0 atom stereocenters. The molecule has 1 aliphatic heterocycles. The summed E-state index contributed by atoms with van der Waals surface area (Å²) in [7, 11) is 1.29. The first-order chi connectivity index (χ1) is 6.25. The molecule has 0 saturated heterocycles. The zero-order valence-electron chi connectivity index (χ0n) is 7.02. The van der Waals surface area contributed by atoms with Crippen LogP contribution in [0.2, 0.25) is 0 Å². The minimum Gasteiger partial charge on any atom is -0.489 e. The molecular weight excluding hydrogens is 194 g/mol. The maximum absolute atomic E-state index is 10.6. The van der Waals surface area contributed by atoms with E-state index in [1.807, 2.05) is 0 Å². The van der Waals surface area contributed by atoms with Gasteiger partial charge in [0, 0.05) is 11.2 Å². The van der Waals surface area contributed by atoms with Gasteiger partial charge in [0.25, 0.3) is 0 Å². The van der Waals surface area contributed by atoms with Crippen molar-refractivity contribution in [2.24, 2.45) is 5.16 Å². The van der Waals surface area contributed by atoms with Crippen molar-refractivity contribution in [3.05, 3.63) is 11.2 Å². The summed E-state index contributed by atoms with van der Waals surface area (Å²) in [6.07, 6.45) is 0. The van der Waals surface area contributed by atoms with Crippen molar-refractivity contribution in [1.29, 1.82) is 0 Å². The quantitative estimate of drug-likeness (QED) is 0.539. The van der Waals surface area contributed by atoms with Crippen LogP contribution in [0.25, 0.3) is 0 Å². The smallest absolute Gasteiger partial charge is 0.361 e. The van der Waals surface area contributed by atoms with Gasteiger partial charge in [-0.2, -0.15) is 0 Å². The van der Waals surface area contributed by atoms with Crippen LogP contribution >= 0.6 is 11.8 Å². The number of ether oxygens (including phenoxy) is 1. The lowest BCUT2D eigenvalue weighted by atomic mass is 10.3. The van der Waals surface area contributed by atoms with Crippen molar-refractivity contribution in [2.45, 2.75) is 0 Å². The average molecular weight is 203 g/mol. The molecule has 1 heterocycles. The van der Waals surface area contributed by atoms with E-state index in [9.17, 15) is 4.79 Å². The highest BCUT2D eigenvalue weighted by molar-refractivity contribution is 8.02. The molecule has 0 fully saturated rings. The van der Waals surface area contributed by atoms with E-state index in [0.29, 0.717) is 6.61 Å². The summed E-state index contributed by atoms with van der Waals surface area (Å²) in [4.78, 5) is 15.0. The predicted molar refractivity (Wildman–Crippen MR) is 48.6 cm³/mol. The van der Waals surface area contributed by atoms with Gasteiger partial charge in [-0.05, 0) is 0 Å². The summed E-state index contributed by atoms with van der Waals surface area (Å²) >= 11 is 1.49. The monoisotopic (exact) mass is 203 g/mol. The van der Waals surface area contributed by atoms with E-state index in [2.05, 4.69) is 9.99 Å². The summed E-state index contributed by atoms with van der Waals surface area (Å²) in [6.45, 7) is 0.493. The number of thioether (sulfide) groups is 1. The third kappa shape index (κ3) is 2.66. The van der Waals surface area contributed by atoms with Crippen LogP contribution in [0.3, 0.4) is 0 Å². The standard InChI is InChI=1S/C7H9NO4S/c1-11-8-6(7(9)10)5-4-13-3-2-12-5/h4H,2-3H2,1H3,(H,9,10)/b8-6-. The van der Waals surface area contributed by atoms with Crippen LogP contribution in [-0.2, 0) is 14.4 Å². The fraction of sp³-hybridized carbons (Fsp3) is 0.429. The first-order valence-corrected chi connectivity index (χ1v) is 4.60. The number of oxime groups is 1. The van der Waals surface area contributed by atoms with Gasteiger partial charge in [0.2, 0.25) is 5.71 Å². The number of carboxylic acids is 1. The van der Waals surface area contributed by atoms with E-state index in [0.717, 1.165) is 5.75 Å². The fourth-order valence-corrected chi connectivity index (χ4v) is 1.40. The molecule has 13 heavy (non-hydrogen) atoms. The lowest BCUT2D eigenvalue weighted by Gasteiger charge is -2.13. The van der Waals surface area contributed by atoms with Gasteiger partial charge in [-0.1, -0.05) is 5.16 Å². The van der Waals surface area contributed by atoms with E-state index in [4.69, 9.17) is 9.84 Å². The van der Waals surface area contributed by atoms with Gasteiger partial charge in [0.15, 0.2) is 5.76 Å². The third-order valence-electron chi connectivity index (χ3n) is 1.27. The Morgan fingerprint density at radius 3 is 3.08 bits per heavy atom. The number of carboxylic acid groups (broad SMARTS) is 1. The van der Waals surface area contributed by atoms with Crippen molar-refractivity contribution in [2.75, 3.05) is 19.5 Å². The number of rotatable bonds is 3. The van der Waals surface area contributed by atoms with E-state index >= 15 is 0 Å². The maximum atomic E-state index is 10.6. The minimum atomic E-state index is -1.16. The van der Waals surface area contributed by atoms with Crippen LogP contribution in [0.15, 0.2) is 16.3 Å². The Hall–Kier alpha value is -1.17. The summed E-state index contributed by atoms with van der Waals surface area (Å²) in [5.74, 6) is -0.0789. The predicted octanol–water partition coefficient (Wildman–Crippen LogP) is 0.678. The van der Waals surface area contributed by atoms with E-state index < -0.39 is 5.97 Å². The molecule has 1 rings (SSSR count). The molecule has 0 unspecified atom stereocenters. The molecule has 1 aliphatic rings. The Balaban J connectivity index is 2.80. The van der Waals surface area contributed by atoms with E-state index in [1.54, 1.807) is 5.41 Å². The Bertz CT molecular complexity index is 261. The minimum absolute atomic E-state index is 0.199. The third-order valence-corrected chi connectivity index (χ3v) is 2.05. The molecule has 0 aromatic heterocycles. The van der Waals surface area contributed by atoms with Gasteiger partial charge < -0.3 is 14.7 Å². The molecule has 0 saturated carbocycles. The van der Waals surface area contributed by atoms with Crippen molar-refractivity contribution >= 4 is 23.4 Å². The summed E-state index contributed by atoms with van der Waals surface area (Å²) < 4.78 is 5.10. The summed E-state index contributed by atoms with van der Waals surface area (Å²) in [5.41, 5.74) is -0.199. The second-order valence-corrected chi connectivity index (χ2v) is 3.11. The molecule has 0 aliphatic carbocycles. The number of hydrogen-bond donors (Lipinski definition) is 1. The number of hydrogen-bond acceptors (Lipinski definition) is 5. The van der Waals surface area contributed by atoms with Crippen molar-refractivity contribution in [3.63, 3.8) is 0 Å². The van der Waals surface area contributed by atoms with Gasteiger partial charge in [-0.15, -0.1) is 11.8 Å². The SMILES string of the molecule is CO/N=C(\C(=O)O)C1=CSCCO1. The zero-order valence-corrected chi connectivity index (χ0v) is 7.84. The molecule has 0 amide bonds. The van der Waals surface area contributed by atoms with Gasteiger partial charge in [0.1, 0.15) is 7.11 Å². The van der Waals surface area contributed by atoms with Crippen molar-refractivity contribution in [1.82, 2.24) is 0 Å². The summed E-state index contributed by atoms with van der Waals surface area (Å²) in [5, 5.41) is 13.7. The number of aliphatic carboxylic acids is 1. The largest absolute Gasteiger partial charge is 0.489 e. The normalized spacial score (nSPS) is 17.3. The Kier molecular flexibility index (Phi) is 3.63. The lowest BCUT2D eigenvalue weighted by Crippen LogP contribution is -2.20. The first kappa shape index (κ1) is 9.91. The molecule has 0 spiro atoms. The molecule has 5 nitrogen and oxygen atoms in total. The Labute approximate surface area is 79.4 Å². The van der Waals surface area contributed by atoms with Gasteiger partial charge >= 0.3 is 5.97 Å². The summed E-state index contributed by atoms with van der Waals surface area (Å²) in [6, 6.07) is 0. The molecule has 0 aromatic rings. The lowest BCUT2D eigenvalue weighted by molar-refractivity contribution is -0.129. The second-order valence-electron chi connectivity index (χ2n) is 2.13. The van der Waals surface area contributed by atoms with Crippen LogP contribution in [0, 0.1) is 0 Å². The van der Waals surface area contributed by atoms with Crippen LogP contribution in [-0.4, -0.2) is 36.3 Å². The van der Waals surface area contributed by atoms with Crippen molar-refractivity contribution in [3.8, 4) is 0 Å². The Morgan fingerprint density at radius 2 is 2.62 bits per heavy atom. The van der Waals surface area contributed by atoms with E-state index in [1.165, 1.54) is 18.9 Å². The number of nitrogens with zero attached hydrogens (tertiary/aromatic N) is 1. The van der Waals surface area contributed by atoms with Crippen LogP contribution in [0.4, 0.5) is 0 Å². The molecule has 0 bridgehead atoms. The number of carbonyl (C=O) groups is 1. The highest BCUT2D eigenvalue weighted by Gasteiger charge is 2.20. The van der Waals surface area contributed by atoms with Gasteiger partial charge in [0.05, 0.1) is 6.61 Å². The molecule has 0 aromatic carbocycles. The van der Waals surface area contributed by atoms with Gasteiger partial charge in [-0.25, -0.2) is 4.79 Å². The molecule has 6 heteroatoms. The molecule has 0 radical (unpaired) electrons. The van der Waals surface area contributed by atoms with Gasteiger partial charge in [-0.3, -0.25) is 0 Å².